The Morgan fingerprint density at radius 1 is 1.42 bits per heavy atom. The fourth-order valence-electron chi connectivity index (χ4n) is 2.82. The molecule has 0 bridgehead atoms. The standard InChI is InChI=1S/C15H22N2O2/c1-10(2)14-15(19)16-12(9-18)8-11-6-4-5-7-13(11)17(14)3/h4-7,10,12,14,18H,8-9H2,1-3H3,(H,16,19)/t12-,14+/m0/s1. The van der Waals surface area contributed by atoms with E-state index in [2.05, 4.69) is 11.4 Å². The van der Waals surface area contributed by atoms with Crippen molar-refractivity contribution in [2.75, 3.05) is 18.6 Å². The summed E-state index contributed by atoms with van der Waals surface area (Å²) in [6, 6.07) is 7.66. The molecule has 0 spiro atoms. The predicted molar refractivity (Wildman–Crippen MR) is 76.2 cm³/mol. The van der Waals surface area contributed by atoms with Crippen molar-refractivity contribution in [1.82, 2.24) is 5.32 Å². The Morgan fingerprint density at radius 3 is 2.74 bits per heavy atom. The molecule has 0 saturated carbocycles. The predicted octanol–water partition coefficient (Wildman–Crippen LogP) is 1.18. The Balaban J connectivity index is 2.45. The highest BCUT2D eigenvalue weighted by molar-refractivity contribution is 5.86. The van der Waals surface area contributed by atoms with E-state index in [1.807, 2.05) is 44.0 Å². The third kappa shape index (κ3) is 2.73. The number of nitrogens with one attached hydrogen (secondary N) is 1. The number of anilines is 1. The number of carbonyl (C=O) groups is 1. The molecule has 2 rings (SSSR count). The summed E-state index contributed by atoms with van der Waals surface area (Å²) >= 11 is 0. The molecule has 2 N–H and O–H groups in total. The van der Waals surface area contributed by atoms with E-state index in [9.17, 15) is 9.90 Å². The first-order chi connectivity index (χ1) is 9.04. The maximum Gasteiger partial charge on any atom is 0.243 e. The van der Waals surface area contributed by atoms with Crippen molar-refractivity contribution >= 4 is 11.6 Å². The van der Waals surface area contributed by atoms with Crippen LogP contribution in [0.3, 0.4) is 0 Å². The molecule has 1 amide bonds. The molecule has 4 nitrogen and oxygen atoms in total. The lowest BCUT2D eigenvalue weighted by molar-refractivity contribution is -0.124. The number of carbonyl (C=O) groups excluding carboxylic acids is 1. The number of aliphatic hydroxyl groups excluding tert-OH is 1. The largest absolute Gasteiger partial charge is 0.394 e. The summed E-state index contributed by atoms with van der Waals surface area (Å²) in [6.45, 7) is 4.05. The van der Waals surface area contributed by atoms with Crippen LogP contribution in [0.25, 0.3) is 0 Å². The van der Waals surface area contributed by atoms with E-state index in [-0.39, 0.29) is 30.5 Å². The van der Waals surface area contributed by atoms with Crippen LogP contribution in [-0.4, -0.2) is 36.8 Å². The minimum atomic E-state index is -0.213. The summed E-state index contributed by atoms with van der Waals surface area (Å²) in [6.07, 6.45) is 0.660. The Labute approximate surface area is 114 Å². The molecule has 2 atom stereocenters. The Bertz CT molecular complexity index is 459. The van der Waals surface area contributed by atoms with Crippen molar-refractivity contribution in [2.24, 2.45) is 5.92 Å². The van der Waals surface area contributed by atoms with Crippen LogP contribution in [0.15, 0.2) is 24.3 Å². The van der Waals surface area contributed by atoms with Crippen molar-refractivity contribution in [1.29, 1.82) is 0 Å². The average molecular weight is 262 g/mol. The first-order valence-electron chi connectivity index (χ1n) is 6.76. The van der Waals surface area contributed by atoms with E-state index in [1.54, 1.807) is 0 Å². The second kappa shape index (κ2) is 5.61. The van der Waals surface area contributed by atoms with Gasteiger partial charge in [0.15, 0.2) is 0 Å². The van der Waals surface area contributed by atoms with Crippen LogP contribution < -0.4 is 10.2 Å². The summed E-state index contributed by atoms with van der Waals surface area (Å²) in [4.78, 5) is 14.4. The fraction of sp³-hybridized carbons (Fsp3) is 0.533. The van der Waals surface area contributed by atoms with Gasteiger partial charge in [-0.1, -0.05) is 32.0 Å². The summed E-state index contributed by atoms with van der Waals surface area (Å²) in [5.74, 6) is 0.196. The highest BCUT2D eigenvalue weighted by Gasteiger charge is 2.31. The first kappa shape index (κ1) is 13.9. The number of fused-ring (bicyclic) bond motifs is 1. The molecule has 0 fully saturated rings. The van der Waals surface area contributed by atoms with Gasteiger partial charge in [-0.25, -0.2) is 0 Å². The molecule has 0 aromatic heterocycles. The van der Waals surface area contributed by atoms with Gasteiger partial charge in [0.2, 0.25) is 5.91 Å². The molecule has 0 radical (unpaired) electrons. The lowest BCUT2D eigenvalue weighted by atomic mass is 9.95. The van der Waals surface area contributed by atoms with E-state index in [4.69, 9.17) is 0 Å². The molecule has 19 heavy (non-hydrogen) atoms. The van der Waals surface area contributed by atoms with Crippen LogP contribution in [0.5, 0.6) is 0 Å². The number of benzene rings is 1. The normalized spacial score (nSPS) is 23.6. The minimum Gasteiger partial charge on any atom is -0.394 e. The molecule has 0 aliphatic carbocycles. The summed E-state index contributed by atoms with van der Waals surface area (Å²) < 4.78 is 0. The zero-order valence-corrected chi connectivity index (χ0v) is 11.8. The topological polar surface area (TPSA) is 52.6 Å². The molecule has 0 saturated heterocycles. The molecule has 1 aromatic carbocycles. The van der Waals surface area contributed by atoms with Crippen molar-refractivity contribution in [3.8, 4) is 0 Å². The summed E-state index contributed by atoms with van der Waals surface area (Å²) in [5.41, 5.74) is 2.24. The van der Waals surface area contributed by atoms with Gasteiger partial charge in [0.25, 0.3) is 0 Å². The zero-order chi connectivity index (χ0) is 14.0. The first-order valence-corrected chi connectivity index (χ1v) is 6.76. The average Bonchev–Trinajstić information content (AvgIpc) is 2.36. The maximum atomic E-state index is 12.3. The highest BCUT2D eigenvalue weighted by Crippen LogP contribution is 2.26. The Hall–Kier alpha value is -1.55. The smallest absolute Gasteiger partial charge is 0.243 e. The zero-order valence-electron chi connectivity index (χ0n) is 11.8. The maximum absolute atomic E-state index is 12.3. The van der Waals surface area contributed by atoms with Crippen molar-refractivity contribution < 1.29 is 9.90 Å². The third-order valence-electron chi connectivity index (χ3n) is 3.72. The Morgan fingerprint density at radius 2 is 2.11 bits per heavy atom. The lowest BCUT2D eigenvalue weighted by Gasteiger charge is -2.37. The van der Waals surface area contributed by atoms with Crippen molar-refractivity contribution in [2.45, 2.75) is 32.4 Å². The van der Waals surface area contributed by atoms with Crippen LogP contribution in [0.4, 0.5) is 5.69 Å². The third-order valence-corrected chi connectivity index (χ3v) is 3.72. The van der Waals surface area contributed by atoms with Gasteiger partial charge in [-0.2, -0.15) is 0 Å². The summed E-state index contributed by atoms with van der Waals surface area (Å²) in [7, 11) is 1.96. The fourth-order valence-corrected chi connectivity index (χ4v) is 2.82. The quantitative estimate of drug-likeness (QED) is 0.841. The Kier molecular flexibility index (Phi) is 4.10. The van der Waals surface area contributed by atoms with E-state index in [0.29, 0.717) is 6.42 Å². The molecular formula is C15H22N2O2. The van der Waals surface area contributed by atoms with Gasteiger partial charge in [0, 0.05) is 12.7 Å². The van der Waals surface area contributed by atoms with Crippen LogP contribution in [0.1, 0.15) is 19.4 Å². The van der Waals surface area contributed by atoms with Gasteiger partial charge in [-0.15, -0.1) is 0 Å². The molecule has 104 valence electrons. The van der Waals surface area contributed by atoms with E-state index in [0.717, 1.165) is 11.3 Å². The SMILES string of the molecule is CC(C)[C@@H]1C(=O)N[C@H](CO)Cc2ccccc2N1C. The number of nitrogens with zero attached hydrogens (tertiary/aromatic N) is 1. The second-order valence-electron chi connectivity index (χ2n) is 5.52. The number of hydrogen-bond donors (Lipinski definition) is 2. The van der Waals surface area contributed by atoms with Crippen molar-refractivity contribution in [3.63, 3.8) is 0 Å². The highest BCUT2D eigenvalue weighted by atomic mass is 16.3. The lowest BCUT2D eigenvalue weighted by Crippen LogP contribution is -2.54. The second-order valence-corrected chi connectivity index (χ2v) is 5.52. The van der Waals surface area contributed by atoms with Crippen LogP contribution >= 0.6 is 0 Å². The van der Waals surface area contributed by atoms with Crippen molar-refractivity contribution in [3.05, 3.63) is 29.8 Å². The van der Waals surface area contributed by atoms with Gasteiger partial charge in [0.1, 0.15) is 6.04 Å². The molecule has 0 unspecified atom stereocenters. The summed E-state index contributed by atoms with van der Waals surface area (Å²) in [5, 5.41) is 12.4. The number of aliphatic hydroxyl groups is 1. The molecule has 1 aromatic rings. The van der Waals surface area contributed by atoms with E-state index < -0.39 is 0 Å². The molecule has 1 aliphatic heterocycles. The number of amides is 1. The molecule has 1 aliphatic rings. The molecule has 1 heterocycles. The number of para-hydroxylation sites is 1. The van der Waals surface area contributed by atoms with Crippen LogP contribution in [0.2, 0.25) is 0 Å². The number of likely N-dealkylation sites (N-methyl/N-ethyl adjacent to an activating group) is 1. The van der Waals surface area contributed by atoms with E-state index >= 15 is 0 Å². The van der Waals surface area contributed by atoms with Gasteiger partial charge in [-0.05, 0) is 24.0 Å². The van der Waals surface area contributed by atoms with Crippen LogP contribution in [0, 0.1) is 5.92 Å². The van der Waals surface area contributed by atoms with Gasteiger partial charge in [0.05, 0.1) is 12.6 Å². The van der Waals surface area contributed by atoms with Crippen LogP contribution in [-0.2, 0) is 11.2 Å². The molecule has 4 heteroatoms. The van der Waals surface area contributed by atoms with Gasteiger partial charge < -0.3 is 15.3 Å². The number of rotatable bonds is 2. The van der Waals surface area contributed by atoms with Gasteiger partial charge >= 0.3 is 0 Å². The number of hydrogen-bond acceptors (Lipinski definition) is 3. The van der Waals surface area contributed by atoms with Gasteiger partial charge in [-0.3, -0.25) is 4.79 Å². The monoisotopic (exact) mass is 262 g/mol. The molecular weight excluding hydrogens is 240 g/mol. The minimum absolute atomic E-state index is 0.00828. The van der Waals surface area contributed by atoms with E-state index in [1.165, 1.54) is 0 Å².